The maximum Gasteiger partial charge on any atom is 0.282 e. The number of thiophene rings is 1. The van der Waals surface area contributed by atoms with E-state index in [0.29, 0.717) is 27.7 Å². The first kappa shape index (κ1) is 17.0. The molecule has 7 heteroatoms. The zero-order valence-electron chi connectivity index (χ0n) is 13.6. The van der Waals surface area contributed by atoms with Crippen molar-refractivity contribution in [2.75, 3.05) is 18.2 Å². The second kappa shape index (κ2) is 7.38. The number of rotatable bonds is 6. The van der Waals surface area contributed by atoms with Gasteiger partial charge in [0.2, 0.25) is 0 Å². The molecule has 1 aromatic carbocycles. The van der Waals surface area contributed by atoms with E-state index < -0.39 is 0 Å². The largest absolute Gasteiger partial charge is 0.378 e. The molecule has 2 heterocycles. The highest BCUT2D eigenvalue weighted by atomic mass is 32.2. The van der Waals surface area contributed by atoms with E-state index in [9.17, 15) is 4.79 Å². The van der Waals surface area contributed by atoms with Gasteiger partial charge in [0.15, 0.2) is 5.16 Å². The zero-order valence-corrected chi connectivity index (χ0v) is 15.2. The van der Waals surface area contributed by atoms with Gasteiger partial charge in [0.05, 0.1) is 18.1 Å². The van der Waals surface area contributed by atoms with Crippen molar-refractivity contribution >= 4 is 33.3 Å². The first-order valence-corrected chi connectivity index (χ1v) is 9.53. The van der Waals surface area contributed by atoms with E-state index in [1.165, 1.54) is 23.1 Å². The van der Waals surface area contributed by atoms with Crippen LogP contribution >= 0.6 is 23.1 Å². The lowest BCUT2D eigenvalue weighted by Crippen LogP contribution is -2.29. The number of fused-ring (bicyclic) bond motifs is 1. The molecule has 24 heavy (non-hydrogen) atoms. The van der Waals surface area contributed by atoms with Crippen molar-refractivity contribution in [2.24, 2.45) is 0 Å². The van der Waals surface area contributed by atoms with E-state index in [2.05, 4.69) is 4.98 Å². The van der Waals surface area contributed by atoms with Crippen LogP contribution in [0.5, 0.6) is 0 Å². The van der Waals surface area contributed by atoms with E-state index in [1.54, 1.807) is 0 Å². The van der Waals surface area contributed by atoms with Crippen LogP contribution < -0.4 is 11.4 Å². The van der Waals surface area contributed by atoms with E-state index in [1.807, 2.05) is 49.6 Å². The van der Waals surface area contributed by atoms with E-state index in [-0.39, 0.29) is 11.7 Å². The molecule has 0 aliphatic heterocycles. The van der Waals surface area contributed by atoms with Crippen LogP contribution in [-0.4, -0.2) is 28.1 Å². The first-order valence-electron chi connectivity index (χ1n) is 7.67. The van der Waals surface area contributed by atoms with Crippen molar-refractivity contribution in [3.63, 3.8) is 0 Å². The Kier molecular flexibility index (Phi) is 5.23. The first-order chi connectivity index (χ1) is 11.6. The second-order valence-corrected chi connectivity index (χ2v) is 7.45. The fourth-order valence-corrected chi connectivity index (χ4v) is 4.07. The summed E-state index contributed by atoms with van der Waals surface area (Å²) in [4.78, 5) is 18.0. The Labute approximate surface area is 148 Å². The zero-order chi connectivity index (χ0) is 17.1. The summed E-state index contributed by atoms with van der Waals surface area (Å²) in [5.74, 6) is 6.68. The van der Waals surface area contributed by atoms with Gasteiger partial charge in [-0.3, -0.25) is 4.79 Å². The van der Waals surface area contributed by atoms with Crippen molar-refractivity contribution in [1.29, 1.82) is 0 Å². The molecule has 5 nitrogen and oxygen atoms in total. The predicted molar refractivity (Wildman–Crippen MR) is 101 cm³/mol. The van der Waals surface area contributed by atoms with Crippen molar-refractivity contribution in [2.45, 2.75) is 25.1 Å². The summed E-state index contributed by atoms with van der Waals surface area (Å²) in [5, 5.41) is 3.06. The quantitative estimate of drug-likeness (QED) is 0.315. The standard InChI is InChI=1S/C17H19N3O2S2/c1-11(2)22-8-9-23-17-19-15-14(16(21)20(17)18)13(10-24-15)12-6-4-3-5-7-12/h3-7,10-11H,8-9,18H2,1-2H3. The lowest BCUT2D eigenvalue weighted by Gasteiger charge is -2.09. The molecule has 0 bridgehead atoms. The van der Waals surface area contributed by atoms with Gasteiger partial charge in [-0.1, -0.05) is 42.1 Å². The molecule has 0 atom stereocenters. The Morgan fingerprint density at radius 2 is 2.08 bits per heavy atom. The fourth-order valence-electron chi connectivity index (χ4n) is 2.33. The van der Waals surface area contributed by atoms with Gasteiger partial charge in [0, 0.05) is 16.7 Å². The molecule has 0 unspecified atom stereocenters. The molecule has 0 spiro atoms. The predicted octanol–water partition coefficient (Wildman–Crippen LogP) is 3.36. The number of nitrogens with two attached hydrogens (primary N) is 1. The van der Waals surface area contributed by atoms with Gasteiger partial charge in [0.25, 0.3) is 5.56 Å². The average molecular weight is 361 g/mol. The number of aromatic nitrogens is 2. The van der Waals surface area contributed by atoms with Crippen LogP contribution in [0.4, 0.5) is 0 Å². The molecular formula is C17H19N3O2S2. The van der Waals surface area contributed by atoms with Crippen molar-refractivity contribution in [3.05, 3.63) is 46.1 Å². The van der Waals surface area contributed by atoms with Gasteiger partial charge in [-0.25, -0.2) is 9.66 Å². The minimum atomic E-state index is -0.215. The molecule has 2 aromatic heterocycles. The van der Waals surface area contributed by atoms with E-state index in [4.69, 9.17) is 10.6 Å². The molecule has 126 valence electrons. The second-order valence-electron chi connectivity index (χ2n) is 5.53. The molecule has 0 saturated heterocycles. The summed E-state index contributed by atoms with van der Waals surface area (Å²) in [6.45, 7) is 4.57. The van der Waals surface area contributed by atoms with Gasteiger partial charge >= 0.3 is 0 Å². The Morgan fingerprint density at radius 3 is 2.79 bits per heavy atom. The lowest BCUT2D eigenvalue weighted by molar-refractivity contribution is 0.0920. The number of benzene rings is 1. The van der Waals surface area contributed by atoms with Crippen molar-refractivity contribution < 1.29 is 4.74 Å². The molecule has 0 fully saturated rings. The fraction of sp³-hybridized carbons (Fsp3) is 0.294. The smallest absolute Gasteiger partial charge is 0.282 e. The summed E-state index contributed by atoms with van der Waals surface area (Å²) in [6, 6.07) is 9.81. The Morgan fingerprint density at radius 1 is 1.33 bits per heavy atom. The number of hydrogen-bond acceptors (Lipinski definition) is 6. The molecule has 0 aliphatic rings. The highest BCUT2D eigenvalue weighted by Crippen LogP contribution is 2.31. The highest BCUT2D eigenvalue weighted by molar-refractivity contribution is 7.99. The van der Waals surface area contributed by atoms with Gasteiger partial charge in [-0.2, -0.15) is 0 Å². The van der Waals surface area contributed by atoms with E-state index in [0.717, 1.165) is 15.8 Å². The summed E-state index contributed by atoms with van der Waals surface area (Å²) >= 11 is 2.90. The van der Waals surface area contributed by atoms with Gasteiger partial charge < -0.3 is 10.6 Å². The lowest BCUT2D eigenvalue weighted by atomic mass is 10.1. The van der Waals surface area contributed by atoms with Crippen LogP contribution in [-0.2, 0) is 4.74 Å². The molecule has 3 rings (SSSR count). The van der Waals surface area contributed by atoms with Crippen LogP contribution in [0.1, 0.15) is 13.8 Å². The average Bonchev–Trinajstić information content (AvgIpc) is 3.00. The molecule has 0 radical (unpaired) electrons. The maximum absolute atomic E-state index is 12.7. The Bertz CT molecular complexity index is 888. The van der Waals surface area contributed by atoms with Crippen LogP contribution in [0.2, 0.25) is 0 Å². The molecule has 0 aliphatic carbocycles. The van der Waals surface area contributed by atoms with Gasteiger partial charge in [-0.15, -0.1) is 11.3 Å². The molecule has 2 N–H and O–H groups in total. The number of hydrogen-bond donors (Lipinski definition) is 1. The third kappa shape index (κ3) is 3.48. The van der Waals surface area contributed by atoms with Gasteiger partial charge in [-0.05, 0) is 19.4 Å². The SMILES string of the molecule is CC(C)OCCSc1nc2scc(-c3ccccc3)c2c(=O)n1N. The number of nitrogen functional groups attached to an aromatic ring is 1. The topological polar surface area (TPSA) is 70.1 Å². The minimum Gasteiger partial charge on any atom is -0.378 e. The number of nitrogens with zero attached hydrogens (tertiary/aromatic N) is 2. The number of ether oxygens (including phenoxy) is 1. The van der Waals surface area contributed by atoms with Crippen molar-refractivity contribution in [3.8, 4) is 11.1 Å². The summed E-state index contributed by atoms with van der Waals surface area (Å²) in [6.07, 6.45) is 0.187. The minimum absolute atomic E-state index is 0.187. The summed E-state index contributed by atoms with van der Waals surface area (Å²) in [5.41, 5.74) is 1.66. The van der Waals surface area contributed by atoms with E-state index >= 15 is 0 Å². The van der Waals surface area contributed by atoms with Crippen molar-refractivity contribution in [1.82, 2.24) is 9.66 Å². The third-order valence-electron chi connectivity index (χ3n) is 3.46. The Hall–Kier alpha value is -1.83. The Balaban J connectivity index is 1.93. The van der Waals surface area contributed by atoms with Crippen LogP contribution in [0, 0.1) is 0 Å². The highest BCUT2D eigenvalue weighted by Gasteiger charge is 2.16. The van der Waals surface area contributed by atoms with Crippen LogP contribution in [0.25, 0.3) is 21.3 Å². The molecule has 3 aromatic rings. The monoisotopic (exact) mass is 361 g/mol. The van der Waals surface area contributed by atoms with Crippen LogP contribution in [0.3, 0.4) is 0 Å². The normalized spacial score (nSPS) is 11.5. The maximum atomic E-state index is 12.7. The van der Waals surface area contributed by atoms with Crippen LogP contribution in [0.15, 0.2) is 45.7 Å². The summed E-state index contributed by atoms with van der Waals surface area (Å²) < 4.78 is 6.65. The molecule has 0 amide bonds. The summed E-state index contributed by atoms with van der Waals surface area (Å²) in [7, 11) is 0. The molecule has 0 saturated carbocycles. The van der Waals surface area contributed by atoms with Gasteiger partial charge in [0.1, 0.15) is 4.83 Å². The number of thioether (sulfide) groups is 1. The molecular weight excluding hydrogens is 342 g/mol. The third-order valence-corrected chi connectivity index (χ3v) is 5.25.